The maximum Gasteiger partial charge on any atom is 0.313 e. The van der Waals surface area contributed by atoms with Gasteiger partial charge in [-0.1, -0.05) is 85.0 Å². The third kappa shape index (κ3) is 6.72. The molecule has 8 heteroatoms. The largest absolute Gasteiger partial charge is 0.455 e. The Morgan fingerprint density at radius 1 is 1.06 bits per heavy atom. The first kappa shape index (κ1) is 34.3. The minimum Gasteiger partial charge on any atom is -0.455 e. The summed E-state index contributed by atoms with van der Waals surface area (Å²) < 4.78 is 13.1. The van der Waals surface area contributed by atoms with Crippen LogP contribution >= 0.6 is 0 Å². The molecule has 0 N–H and O–H groups in total. The maximum absolute atomic E-state index is 14.5. The Hall–Kier alpha value is -4.01. The van der Waals surface area contributed by atoms with Crippen LogP contribution in [0.15, 0.2) is 98.1 Å². The van der Waals surface area contributed by atoms with Crippen molar-refractivity contribution in [2.24, 2.45) is 11.8 Å². The molecule has 2 amide bonds. The van der Waals surface area contributed by atoms with E-state index in [1.807, 2.05) is 99.4 Å². The van der Waals surface area contributed by atoms with Crippen molar-refractivity contribution in [3.05, 3.63) is 109 Å². The second-order valence-electron chi connectivity index (χ2n) is 14.0. The molecule has 0 aliphatic carbocycles. The molecule has 5 rings (SSSR count). The van der Waals surface area contributed by atoms with Gasteiger partial charge >= 0.3 is 5.97 Å². The molecular formula is C39H49N3O5. The Kier molecular flexibility index (Phi) is 10.2. The van der Waals surface area contributed by atoms with Gasteiger partial charge in [0, 0.05) is 38.6 Å². The molecule has 8 nitrogen and oxygen atoms in total. The first-order valence-corrected chi connectivity index (χ1v) is 16.6. The van der Waals surface area contributed by atoms with E-state index >= 15 is 0 Å². The van der Waals surface area contributed by atoms with Gasteiger partial charge in [0.15, 0.2) is 0 Å². The number of carbonyl (C=O) groups is 3. The van der Waals surface area contributed by atoms with Gasteiger partial charge in [0.2, 0.25) is 11.8 Å². The molecule has 1 spiro atoms. The summed E-state index contributed by atoms with van der Waals surface area (Å²) in [7, 11) is 1.73. The number of likely N-dealkylation sites (N-methyl/N-ethyl adjacent to an activating group) is 1. The molecule has 2 aromatic rings. The lowest BCUT2D eigenvalue weighted by molar-refractivity contribution is -0.164. The highest BCUT2D eigenvalue weighted by Crippen LogP contribution is 2.57. The quantitative estimate of drug-likeness (QED) is 0.194. The molecular weight excluding hydrogens is 590 g/mol. The predicted molar refractivity (Wildman–Crippen MR) is 183 cm³/mol. The number of allylic oxidation sites excluding steroid dienone is 1. The second kappa shape index (κ2) is 14.0. The van der Waals surface area contributed by atoms with E-state index in [-0.39, 0.29) is 17.9 Å². The van der Waals surface area contributed by atoms with Crippen molar-refractivity contribution in [2.75, 3.05) is 20.1 Å². The van der Waals surface area contributed by atoms with E-state index in [1.165, 1.54) is 0 Å². The van der Waals surface area contributed by atoms with Crippen LogP contribution in [0.25, 0.3) is 0 Å². The van der Waals surface area contributed by atoms with Gasteiger partial charge in [0.25, 0.3) is 0 Å². The lowest BCUT2D eigenvalue weighted by Gasteiger charge is -2.43. The number of carbonyl (C=O) groups excluding carboxylic acids is 3. The van der Waals surface area contributed by atoms with Gasteiger partial charge in [-0.2, -0.15) is 0 Å². The Morgan fingerprint density at radius 2 is 1.72 bits per heavy atom. The van der Waals surface area contributed by atoms with Crippen molar-refractivity contribution in [1.82, 2.24) is 14.7 Å². The van der Waals surface area contributed by atoms with Crippen LogP contribution in [0.3, 0.4) is 0 Å². The number of esters is 1. The van der Waals surface area contributed by atoms with Gasteiger partial charge in [0.1, 0.15) is 17.6 Å². The molecule has 2 bridgehead atoms. The van der Waals surface area contributed by atoms with Crippen LogP contribution in [0.1, 0.15) is 57.8 Å². The van der Waals surface area contributed by atoms with E-state index in [2.05, 4.69) is 30.2 Å². The Labute approximate surface area is 279 Å². The van der Waals surface area contributed by atoms with Crippen LogP contribution in [0.4, 0.5) is 0 Å². The SMILES string of the molecule is C=CCCC(=O)N(C)[C@H](C)C(OC(=O)[C@@H]1[C@@H]2C=C[C@]3(O2)[C@H](CN(CC=C)Cc2ccccc2)N(C(C)(C)C)C(=O)[C@@H]13)c1ccccc1. The highest BCUT2D eigenvalue weighted by atomic mass is 16.6. The molecule has 2 saturated heterocycles. The molecule has 1 unspecified atom stereocenters. The van der Waals surface area contributed by atoms with Crippen molar-refractivity contribution in [1.29, 1.82) is 0 Å². The van der Waals surface area contributed by atoms with Gasteiger partial charge in [-0.25, -0.2) is 0 Å². The van der Waals surface area contributed by atoms with Crippen molar-refractivity contribution in [3.63, 3.8) is 0 Å². The number of rotatable bonds is 14. The van der Waals surface area contributed by atoms with Crippen molar-refractivity contribution < 1.29 is 23.9 Å². The van der Waals surface area contributed by atoms with Gasteiger partial charge in [0.05, 0.1) is 24.1 Å². The van der Waals surface area contributed by atoms with E-state index in [0.29, 0.717) is 32.5 Å². The first-order chi connectivity index (χ1) is 22.4. The van der Waals surface area contributed by atoms with Crippen LogP contribution in [0, 0.1) is 11.8 Å². The van der Waals surface area contributed by atoms with Gasteiger partial charge in [-0.05, 0) is 45.2 Å². The minimum absolute atomic E-state index is 0.0614. The monoisotopic (exact) mass is 639 g/mol. The van der Waals surface area contributed by atoms with Crippen molar-refractivity contribution in [3.8, 4) is 0 Å². The number of nitrogens with zero attached hydrogens (tertiary/aromatic N) is 3. The number of ether oxygens (including phenoxy) is 2. The number of hydrogen-bond donors (Lipinski definition) is 0. The predicted octanol–water partition coefficient (Wildman–Crippen LogP) is 5.72. The smallest absolute Gasteiger partial charge is 0.313 e. The van der Waals surface area contributed by atoms with Crippen LogP contribution in [0.2, 0.25) is 0 Å². The summed E-state index contributed by atoms with van der Waals surface area (Å²) in [4.78, 5) is 47.7. The van der Waals surface area contributed by atoms with Gasteiger partial charge in [-0.15, -0.1) is 13.2 Å². The number of fused-ring (bicyclic) bond motifs is 1. The zero-order valence-electron chi connectivity index (χ0n) is 28.4. The van der Waals surface area contributed by atoms with Crippen LogP contribution < -0.4 is 0 Å². The molecule has 47 heavy (non-hydrogen) atoms. The number of amides is 2. The molecule has 0 saturated carbocycles. The molecule has 3 heterocycles. The summed E-state index contributed by atoms with van der Waals surface area (Å²) in [6.07, 6.45) is 7.10. The molecule has 3 aliphatic rings. The summed E-state index contributed by atoms with van der Waals surface area (Å²) in [5.74, 6) is -2.20. The molecule has 0 aromatic heterocycles. The third-order valence-electron chi connectivity index (χ3n) is 9.86. The van der Waals surface area contributed by atoms with Gasteiger partial charge in [-0.3, -0.25) is 19.3 Å². The molecule has 250 valence electrons. The standard InChI is InChI=1S/C39H49N3O5/c1-8-10-21-32(43)40(7)27(3)35(29-19-15-12-16-20-29)46-37(45)33-30-22-23-39(47-30)31(42(38(4,5)6)36(44)34(33)39)26-41(24-9-2)25-28-17-13-11-14-18-28/h8-9,11-20,22-23,27,30-31,33-35H,1-2,10,21,24-26H2,3-7H3/t27-,30+,31+,33-,34-,35?,39+/m1/s1. The topological polar surface area (TPSA) is 79.4 Å². The number of benzene rings is 2. The summed E-state index contributed by atoms with van der Waals surface area (Å²) >= 11 is 0. The molecule has 3 aliphatic heterocycles. The number of hydrogen-bond acceptors (Lipinski definition) is 6. The summed E-state index contributed by atoms with van der Waals surface area (Å²) in [6.45, 7) is 17.5. The van der Waals surface area contributed by atoms with Crippen molar-refractivity contribution in [2.45, 2.75) is 82.5 Å². The normalized spacial score (nSPS) is 25.8. The zero-order valence-corrected chi connectivity index (χ0v) is 28.4. The third-order valence-corrected chi connectivity index (χ3v) is 9.86. The van der Waals surface area contributed by atoms with Crippen LogP contribution in [0.5, 0.6) is 0 Å². The summed E-state index contributed by atoms with van der Waals surface area (Å²) in [6, 6.07) is 18.9. The lowest BCUT2D eigenvalue weighted by atomic mass is 9.74. The summed E-state index contributed by atoms with van der Waals surface area (Å²) in [5, 5.41) is 0. The van der Waals surface area contributed by atoms with E-state index in [1.54, 1.807) is 18.0 Å². The highest BCUT2D eigenvalue weighted by molar-refractivity contribution is 5.92. The Bertz CT molecular complexity index is 1480. The first-order valence-electron chi connectivity index (χ1n) is 16.6. The second-order valence-corrected chi connectivity index (χ2v) is 14.0. The van der Waals surface area contributed by atoms with Crippen LogP contribution in [-0.4, -0.2) is 81.9 Å². The Balaban J connectivity index is 1.45. The van der Waals surface area contributed by atoms with Crippen molar-refractivity contribution >= 4 is 17.8 Å². The maximum atomic E-state index is 14.5. The highest BCUT2D eigenvalue weighted by Gasteiger charge is 2.72. The summed E-state index contributed by atoms with van der Waals surface area (Å²) in [5.41, 5.74) is 0.448. The van der Waals surface area contributed by atoms with Crippen LogP contribution in [-0.2, 0) is 30.4 Å². The molecule has 7 atom stereocenters. The Morgan fingerprint density at radius 3 is 2.34 bits per heavy atom. The number of likely N-dealkylation sites (tertiary alicyclic amines) is 1. The fourth-order valence-corrected chi connectivity index (χ4v) is 7.54. The minimum atomic E-state index is -0.972. The molecule has 2 aromatic carbocycles. The zero-order chi connectivity index (χ0) is 33.9. The van der Waals surface area contributed by atoms with E-state index in [4.69, 9.17) is 9.47 Å². The molecule has 2 fully saturated rings. The average molecular weight is 640 g/mol. The fourth-order valence-electron chi connectivity index (χ4n) is 7.54. The van der Waals surface area contributed by atoms with E-state index < -0.39 is 47.2 Å². The van der Waals surface area contributed by atoms with Gasteiger partial charge < -0.3 is 19.3 Å². The molecule has 0 radical (unpaired) electrons. The lowest BCUT2D eigenvalue weighted by Crippen LogP contribution is -2.56. The fraction of sp³-hybridized carbons (Fsp3) is 0.462. The average Bonchev–Trinajstić information content (AvgIpc) is 3.70. The van der Waals surface area contributed by atoms with E-state index in [9.17, 15) is 14.4 Å². The van der Waals surface area contributed by atoms with E-state index in [0.717, 1.165) is 11.1 Å².